The molecule has 1 saturated heterocycles. The molecule has 1 N–H and O–H groups in total. The van der Waals surface area contributed by atoms with Crippen LogP contribution < -0.4 is 5.32 Å². The Labute approximate surface area is 165 Å². The van der Waals surface area contributed by atoms with Crippen LogP contribution >= 0.6 is 0 Å². The van der Waals surface area contributed by atoms with E-state index in [1.165, 1.54) is 28.7 Å². The van der Waals surface area contributed by atoms with E-state index < -0.39 is 0 Å². The van der Waals surface area contributed by atoms with Gasteiger partial charge in [-0.1, -0.05) is 42.5 Å². The van der Waals surface area contributed by atoms with E-state index in [9.17, 15) is 4.79 Å². The molecule has 0 unspecified atom stereocenters. The first-order chi connectivity index (χ1) is 13.8. The third-order valence-electron chi connectivity index (χ3n) is 5.25. The average Bonchev–Trinajstić information content (AvgIpc) is 2.76. The number of aromatic nitrogens is 2. The van der Waals surface area contributed by atoms with Crippen LogP contribution in [0.1, 0.15) is 16.1 Å². The molecule has 6 heteroatoms. The molecule has 6 nitrogen and oxygen atoms in total. The topological polar surface area (TPSA) is 61.4 Å². The first-order valence-corrected chi connectivity index (χ1v) is 9.75. The summed E-state index contributed by atoms with van der Waals surface area (Å²) >= 11 is 0. The first kappa shape index (κ1) is 18.5. The Bertz CT molecular complexity index is 917. The monoisotopic (exact) mass is 375 g/mol. The van der Waals surface area contributed by atoms with E-state index in [4.69, 9.17) is 0 Å². The van der Waals surface area contributed by atoms with Gasteiger partial charge in [-0.2, -0.15) is 0 Å². The van der Waals surface area contributed by atoms with Crippen LogP contribution in [0.2, 0.25) is 0 Å². The molecule has 1 fully saturated rings. The van der Waals surface area contributed by atoms with Crippen LogP contribution in [-0.4, -0.2) is 64.9 Å². The molecule has 2 heterocycles. The lowest BCUT2D eigenvalue weighted by Crippen LogP contribution is -2.48. The quantitative estimate of drug-likeness (QED) is 0.716. The van der Waals surface area contributed by atoms with Crippen LogP contribution in [0, 0.1) is 0 Å². The van der Waals surface area contributed by atoms with Crippen molar-refractivity contribution in [1.82, 2.24) is 25.1 Å². The number of rotatable bonds is 6. The van der Waals surface area contributed by atoms with Gasteiger partial charge >= 0.3 is 0 Å². The third-order valence-corrected chi connectivity index (χ3v) is 5.25. The molecule has 0 aliphatic carbocycles. The molecule has 4 rings (SSSR count). The highest BCUT2D eigenvalue weighted by molar-refractivity contribution is 5.91. The van der Waals surface area contributed by atoms with Crippen molar-refractivity contribution < 1.29 is 4.79 Å². The van der Waals surface area contributed by atoms with Crippen molar-refractivity contribution in [2.45, 2.75) is 6.54 Å². The molecule has 0 saturated carbocycles. The Balaban J connectivity index is 1.23. The average molecular weight is 375 g/mol. The van der Waals surface area contributed by atoms with Gasteiger partial charge in [0.05, 0.1) is 6.20 Å². The summed E-state index contributed by atoms with van der Waals surface area (Å²) < 4.78 is 0. The molecular formula is C22H25N5O. The summed E-state index contributed by atoms with van der Waals surface area (Å²) in [5, 5.41) is 5.57. The highest BCUT2D eigenvalue weighted by atomic mass is 16.1. The fraction of sp³-hybridized carbons (Fsp3) is 0.318. The number of amides is 1. The Morgan fingerprint density at radius 2 is 1.75 bits per heavy atom. The molecule has 1 amide bonds. The van der Waals surface area contributed by atoms with Crippen molar-refractivity contribution in [3.8, 4) is 0 Å². The molecule has 0 bridgehead atoms. The molecule has 0 atom stereocenters. The summed E-state index contributed by atoms with van der Waals surface area (Å²) in [5.74, 6) is -0.164. The van der Waals surface area contributed by atoms with Gasteiger partial charge in [0.25, 0.3) is 5.91 Å². The van der Waals surface area contributed by atoms with Crippen molar-refractivity contribution in [1.29, 1.82) is 0 Å². The number of piperazine rings is 1. The van der Waals surface area contributed by atoms with E-state index in [-0.39, 0.29) is 5.91 Å². The number of benzene rings is 2. The van der Waals surface area contributed by atoms with Crippen LogP contribution in [0.15, 0.2) is 61.1 Å². The van der Waals surface area contributed by atoms with Crippen LogP contribution in [0.3, 0.4) is 0 Å². The molecular weight excluding hydrogens is 350 g/mol. The lowest BCUT2D eigenvalue weighted by molar-refractivity contribution is 0.0929. The summed E-state index contributed by atoms with van der Waals surface area (Å²) in [5.41, 5.74) is 1.75. The van der Waals surface area contributed by atoms with E-state index in [0.29, 0.717) is 12.2 Å². The fourth-order valence-electron chi connectivity index (χ4n) is 3.68. The summed E-state index contributed by atoms with van der Waals surface area (Å²) in [4.78, 5) is 24.9. The molecule has 1 aliphatic rings. The van der Waals surface area contributed by atoms with Gasteiger partial charge in [0.1, 0.15) is 5.69 Å². The van der Waals surface area contributed by atoms with Crippen LogP contribution in [0.4, 0.5) is 0 Å². The van der Waals surface area contributed by atoms with Gasteiger partial charge in [0.15, 0.2) is 0 Å². The fourth-order valence-corrected chi connectivity index (χ4v) is 3.68. The standard InChI is InChI=1S/C22H25N5O/c28-22(21-16-23-8-9-24-21)25-10-11-26-12-14-27(15-13-26)17-19-6-3-5-18-4-1-2-7-20(18)19/h1-9,16H,10-15,17H2,(H,25,28). The number of hydrogen-bond acceptors (Lipinski definition) is 5. The van der Waals surface area contributed by atoms with Crippen LogP contribution in [-0.2, 0) is 6.54 Å². The number of nitrogens with zero attached hydrogens (tertiary/aromatic N) is 4. The molecule has 3 aromatic rings. The minimum atomic E-state index is -0.164. The van der Waals surface area contributed by atoms with Gasteiger partial charge in [0, 0.05) is 58.2 Å². The second kappa shape index (κ2) is 8.91. The summed E-state index contributed by atoms with van der Waals surface area (Å²) in [6.07, 6.45) is 4.58. The highest BCUT2D eigenvalue weighted by Crippen LogP contribution is 2.20. The second-order valence-corrected chi connectivity index (χ2v) is 7.10. The van der Waals surface area contributed by atoms with Crippen LogP contribution in [0.25, 0.3) is 10.8 Å². The minimum Gasteiger partial charge on any atom is -0.349 e. The number of carbonyl (C=O) groups excluding carboxylic acids is 1. The predicted octanol–water partition coefficient (Wildman–Crippen LogP) is 2.18. The zero-order valence-electron chi connectivity index (χ0n) is 15.9. The molecule has 1 aliphatic heterocycles. The molecule has 1 aromatic heterocycles. The third kappa shape index (κ3) is 4.52. The van der Waals surface area contributed by atoms with Gasteiger partial charge in [-0.05, 0) is 16.3 Å². The van der Waals surface area contributed by atoms with Crippen molar-refractivity contribution in [2.24, 2.45) is 0 Å². The van der Waals surface area contributed by atoms with E-state index in [0.717, 1.165) is 39.3 Å². The highest BCUT2D eigenvalue weighted by Gasteiger charge is 2.17. The molecule has 28 heavy (non-hydrogen) atoms. The Morgan fingerprint density at radius 1 is 0.964 bits per heavy atom. The molecule has 144 valence electrons. The number of hydrogen-bond donors (Lipinski definition) is 1. The lowest BCUT2D eigenvalue weighted by atomic mass is 10.0. The minimum absolute atomic E-state index is 0.164. The normalized spacial score (nSPS) is 15.6. The Hall–Kier alpha value is -2.83. The van der Waals surface area contributed by atoms with E-state index in [1.807, 2.05) is 0 Å². The summed E-state index contributed by atoms with van der Waals surface area (Å²) in [6.45, 7) is 6.59. The van der Waals surface area contributed by atoms with Crippen molar-refractivity contribution in [3.63, 3.8) is 0 Å². The SMILES string of the molecule is O=C(NCCN1CCN(Cc2cccc3ccccc23)CC1)c1cnccn1. The van der Waals surface area contributed by atoms with Crippen molar-refractivity contribution in [3.05, 3.63) is 72.3 Å². The zero-order chi connectivity index (χ0) is 19.2. The van der Waals surface area contributed by atoms with Gasteiger partial charge < -0.3 is 5.32 Å². The van der Waals surface area contributed by atoms with Gasteiger partial charge in [-0.3, -0.25) is 19.6 Å². The van der Waals surface area contributed by atoms with E-state index >= 15 is 0 Å². The Morgan fingerprint density at radius 3 is 2.57 bits per heavy atom. The maximum atomic E-state index is 12.0. The van der Waals surface area contributed by atoms with Gasteiger partial charge in [0.2, 0.25) is 0 Å². The van der Waals surface area contributed by atoms with Crippen molar-refractivity contribution in [2.75, 3.05) is 39.3 Å². The first-order valence-electron chi connectivity index (χ1n) is 9.75. The maximum absolute atomic E-state index is 12.0. The molecule has 2 aromatic carbocycles. The summed E-state index contributed by atoms with van der Waals surface area (Å²) in [6, 6.07) is 15.1. The summed E-state index contributed by atoms with van der Waals surface area (Å²) in [7, 11) is 0. The van der Waals surface area contributed by atoms with Gasteiger partial charge in [-0.25, -0.2) is 4.98 Å². The zero-order valence-corrected chi connectivity index (χ0v) is 15.9. The molecule has 0 spiro atoms. The Kier molecular flexibility index (Phi) is 5.89. The number of carbonyl (C=O) groups is 1. The number of fused-ring (bicyclic) bond motifs is 1. The lowest BCUT2D eigenvalue weighted by Gasteiger charge is -2.34. The largest absolute Gasteiger partial charge is 0.349 e. The molecule has 0 radical (unpaired) electrons. The smallest absolute Gasteiger partial charge is 0.271 e. The number of nitrogens with one attached hydrogen (secondary N) is 1. The van der Waals surface area contributed by atoms with E-state index in [1.54, 1.807) is 6.20 Å². The maximum Gasteiger partial charge on any atom is 0.271 e. The van der Waals surface area contributed by atoms with Gasteiger partial charge in [-0.15, -0.1) is 0 Å². The predicted molar refractivity (Wildman–Crippen MR) is 110 cm³/mol. The van der Waals surface area contributed by atoms with Crippen molar-refractivity contribution >= 4 is 16.7 Å². The van der Waals surface area contributed by atoms with Crippen LogP contribution in [0.5, 0.6) is 0 Å². The van der Waals surface area contributed by atoms with E-state index in [2.05, 4.69) is 67.5 Å². The second-order valence-electron chi connectivity index (χ2n) is 7.10.